The molecular weight excluding hydrogens is 411 g/mol. The van der Waals surface area contributed by atoms with Crippen LogP contribution in [0.5, 0.6) is 0 Å². The number of benzene rings is 2. The number of carbonyl (C=O) groups excluding carboxylic acids is 1. The highest BCUT2D eigenvalue weighted by Crippen LogP contribution is 2.33. The molecule has 1 amide bonds. The topological polar surface area (TPSA) is 51.1 Å². The fraction of sp³-hybridized carbons (Fsp3) is 0.238. The summed E-state index contributed by atoms with van der Waals surface area (Å²) in [6.07, 6.45) is 2.49. The predicted molar refractivity (Wildman–Crippen MR) is 107 cm³/mol. The van der Waals surface area contributed by atoms with Crippen LogP contribution in [0.2, 0.25) is 0 Å². The van der Waals surface area contributed by atoms with Crippen LogP contribution in [0.3, 0.4) is 0 Å². The van der Waals surface area contributed by atoms with E-state index < -0.39 is 5.91 Å². The molecule has 2 unspecified atom stereocenters. The van der Waals surface area contributed by atoms with Crippen molar-refractivity contribution >= 4 is 32.7 Å². The minimum Gasteiger partial charge on any atom is -0.345 e. The van der Waals surface area contributed by atoms with Gasteiger partial charge in [0.15, 0.2) is 0 Å². The molecule has 0 saturated heterocycles. The average molecular weight is 429 g/mol. The molecule has 0 radical (unpaired) electrons. The number of nitrogens with zero attached hydrogens (tertiary/aromatic N) is 1. The van der Waals surface area contributed by atoms with Crippen LogP contribution in [0.15, 0.2) is 51.9 Å². The van der Waals surface area contributed by atoms with Gasteiger partial charge in [0.05, 0.1) is 11.6 Å². The van der Waals surface area contributed by atoms with Crippen molar-refractivity contribution in [2.75, 3.05) is 0 Å². The summed E-state index contributed by atoms with van der Waals surface area (Å²) in [5, 5.41) is 3.40. The van der Waals surface area contributed by atoms with Gasteiger partial charge in [-0.05, 0) is 55.7 Å². The molecule has 3 aromatic rings. The second kappa shape index (κ2) is 6.60. The molecule has 4 rings (SSSR count). The zero-order valence-corrected chi connectivity index (χ0v) is 16.5. The van der Waals surface area contributed by atoms with E-state index in [2.05, 4.69) is 28.2 Å². The minimum atomic E-state index is -0.428. The van der Waals surface area contributed by atoms with Gasteiger partial charge in [-0.1, -0.05) is 28.1 Å². The Labute approximate surface area is 164 Å². The van der Waals surface area contributed by atoms with Gasteiger partial charge in [-0.2, -0.15) is 0 Å². The monoisotopic (exact) mass is 428 g/mol. The van der Waals surface area contributed by atoms with Crippen LogP contribution in [0.4, 0.5) is 4.39 Å². The molecule has 0 fully saturated rings. The van der Waals surface area contributed by atoms with E-state index in [0.29, 0.717) is 5.39 Å². The Morgan fingerprint density at radius 1 is 1.30 bits per heavy atom. The van der Waals surface area contributed by atoms with Crippen LogP contribution < -0.4 is 10.7 Å². The molecule has 1 aliphatic rings. The average Bonchev–Trinajstić information content (AvgIpc) is 2.93. The van der Waals surface area contributed by atoms with E-state index in [1.807, 2.05) is 10.6 Å². The van der Waals surface area contributed by atoms with Crippen LogP contribution in [-0.4, -0.2) is 10.5 Å². The molecule has 0 spiro atoms. The molecular formula is C21H18BrFN2O2. The number of amides is 1. The van der Waals surface area contributed by atoms with E-state index in [4.69, 9.17) is 0 Å². The summed E-state index contributed by atoms with van der Waals surface area (Å²) in [6, 6.07) is 9.58. The van der Waals surface area contributed by atoms with Crippen molar-refractivity contribution in [2.24, 2.45) is 0 Å². The number of rotatable bonds is 3. The molecule has 27 heavy (non-hydrogen) atoms. The highest BCUT2D eigenvalue weighted by Gasteiger charge is 2.25. The van der Waals surface area contributed by atoms with E-state index in [0.717, 1.165) is 27.5 Å². The fourth-order valence-corrected chi connectivity index (χ4v) is 4.24. The molecule has 2 aromatic carbocycles. The van der Waals surface area contributed by atoms with Gasteiger partial charge in [-0.15, -0.1) is 0 Å². The Morgan fingerprint density at radius 2 is 2.00 bits per heavy atom. The number of hydrogen-bond donors (Lipinski definition) is 1. The van der Waals surface area contributed by atoms with E-state index >= 15 is 0 Å². The highest BCUT2D eigenvalue weighted by atomic mass is 79.9. The first-order valence-electron chi connectivity index (χ1n) is 8.78. The van der Waals surface area contributed by atoms with Gasteiger partial charge < -0.3 is 9.88 Å². The van der Waals surface area contributed by atoms with Gasteiger partial charge in [0.1, 0.15) is 11.4 Å². The number of carbonyl (C=O) groups is 1. The molecule has 2 atom stereocenters. The van der Waals surface area contributed by atoms with E-state index in [1.54, 1.807) is 31.3 Å². The lowest BCUT2D eigenvalue weighted by Gasteiger charge is -2.16. The summed E-state index contributed by atoms with van der Waals surface area (Å²) in [4.78, 5) is 25.8. The number of pyridine rings is 1. The zero-order valence-electron chi connectivity index (χ0n) is 14.9. The first kappa shape index (κ1) is 17.9. The Morgan fingerprint density at radius 3 is 2.70 bits per heavy atom. The van der Waals surface area contributed by atoms with Crippen molar-refractivity contribution in [3.8, 4) is 0 Å². The van der Waals surface area contributed by atoms with Crippen molar-refractivity contribution in [3.05, 3.63) is 79.8 Å². The Bertz CT molecular complexity index is 1120. The number of hydrogen-bond acceptors (Lipinski definition) is 2. The van der Waals surface area contributed by atoms with Crippen LogP contribution in [0, 0.1) is 5.82 Å². The maximum atomic E-state index is 13.1. The lowest BCUT2D eigenvalue weighted by molar-refractivity contribution is 0.0938. The Balaban J connectivity index is 1.74. The molecule has 4 nitrogen and oxygen atoms in total. The standard InChI is InChI=1S/C21H18BrFN2O2/c1-11-7-14-8-15(22)9-17-19(14)25(11)10-18(20(17)26)21(27)24-12(2)13-3-5-16(23)6-4-13/h3-6,8-12H,7H2,1-2H3,(H,24,27). The van der Waals surface area contributed by atoms with Crippen molar-refractivity contribution < 1.29 is 9.18 Å². The van der Waals surface area contributed by atoms with Gasteiger partial charge in [0, 0.05) is 22.1 Å². The van der Waals surface area contributed by atoms with Gasteiger partial charge in [0.2, 0.25) is 5.43 Å². The summed E-state index contributed by atoms with van der Waals surface area (Å²) in [7, 11) is 0. The first-order chi connectivity index (χ1) is 12.8. The highest BCUT2D eigenvalue weighted by molar-refractivity contribution is 9.10. The summed E-state index contributed by atoms with van der Waals surface area (Å²) < 4.78 is 15.9. The Hall–Kier alpha value is -2.47. The van der Waals surface area contributed by atoms with Crippen molar-refractivity contribution in [1.29, 1.82) is 0 Å². The number of aromatic nitrogens is 1. The van der Waals surface area contributed by atoms with Gasteiger partial charge in [-0.25, -0.2) is 4.39 Å². The smallest absolute Gasteiger partial charge is 0.257 e. The second-order valence-electron chi connectivity index (χ2n) is 7.04. The summed E-state index contributed by atoms with van der Waals surface area (Å²) in [5.74, 6) is -0.758. The van der Waals surface area contributed by atoms with E-state index in [1.165, 1.54) is 12.1 Å². The van der Waals surface area contributed by atoms with Gasteiger partial charge >= 0.3 is 0 Å². The summed E-state index contributed by atoms with van der Waals surface area (Å²) in [6.45, 7) is 3.88. The van der Waals surface area contributed by atoms with Gasteiger partial charge in [0.25, 0.3) is 5.91 Å². The SMILES string of the molecule is CC(NC(=O)c1cn2c3c(cc(Br)cc3c1=O)CC2C)c1ccc(F)cc1. The molecule has 0 aliphatic carbocycles. The molecule has 0 bridgehead atoms. The van der Waals surface area contributed by atoms with Crippen molar-refractivity contribution in [2.45, 2.75) is 32.4 Å². The van der Waals surface area contributed by atoms with E-state index in [9.17, 15) is 14.0 Å². The normalized spacial score (nSPS) is 16.5. The molecule has 138 valence electrons. The van der Waals surface area contributed by atoms with E-state index in [-0.39, 0.29) is 28.9 Å². The molecule has 6 heteroatoms. The Kier molecular flexibility index (Phi) is 4.38. The largest absolute Gasteiger partial charge is 0.345 e. The molecule has 1 aliphatic heterocycles. The molecule has 1 N–H and O–H groups in total. The second-order valence-corrected chi connectivity index (χ2v) is 7.96. The molecule has 2 heterocycles. The number of nitrogens with one attached hydrogen (secondary N) is 1. The van der Waals surface area contributed by atoms with Crippen molar-refractivity contribution in [1.82, 2.24) is 9.88 Å². The first-order valence-corrected chi connectivity index (χ1v) is 9.58. The lowest BCUT2D eigenvalue weighted by atomic mass is 10.1. The molecule has 1 aromatic heterocycles. The molecule has 0 saturated carbocycles. The minimum absolute atomic E-state index is 0.120. The number of halogens is 2. The third kappa shape index (κ3) is 3.08. The third-order valence-corrected chi connectivity index (χ3v) is 5.58. The van der Waals surface area contributed by atoms with Crippen LogP contribution >= 0.6 is 15.9 Å². The maximum Gasteiger partial charge on any atom is 0.257 e. The predicted octanol–water partition coefficient (Wildman–Crippen LogP) is 4.51. The van der Waals surface area contributed by atoms with Crippen LogP contribution in [-0.2, 0) is 6.42 Å². The van der Waals surface area contributed by atoms with Crippen LogP contribution in [0.1, 0.15) is 47.4 Å². The summed E-state index contributed by atoms with van der Waals surface area (Å²) in [5.41, 5.74) is 2.62. The van der Waals surface area contributed by atoms with Crippen molar-refractivity contribution in [3.63, 3.8) is 0 Å². The third-order valence-electron chi connectivity index (χ3n) is 5.12. The van der Waals surface area contributed by atoms with Gasteiger partial charge in [-0.3, -0.25) is 9.59 Å². The van der Waals surface area contributed by atoms with Crippen LogP contribution in [0.25, 0.3) is 10.9 Å². The quantitative estimate of drug-likeness (QED) is 0.666. The lowest BCUT2D eigenvalue weighted by Crippen LogP contribution is -2.31. The maximum absolute atomic E-state index is 13.1. The fourth-order valence-electron chi connectivity index (χ4n) is 3.73. The summed E-state index contributed by atoms with van der Waals surface area (Å²) >= 11 is 3.46. The zero-order chi connectivity index (χ0) is 19.3.